The molecule has 7 heteroatoms. The molecule has 36 heavy (non-hydrogen) atoms. The Labute approximate surface area is 210 Å². The number of amides is 2. The SMILES string of the molecule is COc1ccc(CN2C(=O)c3cc4ccccc4n3C[C@@]2(C)C(=O)NCc2ccccc2OC)cc1. The lowest BCUT2D eigenvalue weighted by molar-refractivity contribution is -0.133. The van der Waals surface area contributed by atoms with Crippen LogP contribution in [0.1, 0.15) is 28.5 Å². The second-order valence-electron chi connectivity index (χ2n) is 9.18. The van der Waals surface area contributed by atoms with Crippen LogP contribution in [-0.4, -0.2) is 41.0 Å². The largest absolute Gasteiger partial charge is 0.497 e. The first kappa shape index (κ1) is 23.5. The zero-order valence-electron chi connectivity index (χ0n) is 20.7. The maximum atomic E-state index is 13.9. The van der Waals surface area contributed by atoms with Gasteiger partial charge in [-0.2, -0.15) is 0 Å². The second-order valence-corrected chi connectivity index (χ2v) is 9.18. The summed E-state index contributed by atoms with van der Waals surface area (Å²) in [6, 6.07) is 24.9. The average Bonchev–Trinajstić information content (AvgIpc) is 3.28. The zero-order chi connectivity index (χ0) is 25.3. The van der Waals surface area contributed by atoms with Crippen molar-refractivity contribution in [1.29, 1.82) is 0 Å². The lowest BCUT2D eigenvalue weighted by atomic mass is 9.93. The molecule has 4 aromatic rings. The van der Waals surface area contributed by atoms with Gasteiger partial charge in [-0.15, -0.1) is 0 Å². The van der Waals surface area contributed by atoms with E-state index in [1.165, 1.54) is 0 Å². The molecule has 2 heterocycles. The van der Waals surface area contributed by atoms with Crippen molar-refractivity contribution >= 4 is 22.7 Å². The minimum absolute atomic E-state index is 0.178. The van der Waals surface area contributed by atoms with Crippen LogP contribution in [0.3, 0.4) is 0 Å². The molecule has 0 bridgehead atoms. The second kappa shape index (κ2) is 9.41. The van der Waals surface area contributed by atoms with Crippen LogP contribution in [0.2, 0.25) is 0 Å². The summed E-state index contributed by atoms with van der Waals surface area (Å²) in [7, 11) is 3.22. The van der Waals surface area contributed by atoms with Crippen LogP contribution in [0, 0.1) is 0 Å². The van der Waals surface area contributed by atoms with Crippen LogP contribution in [0.15, 0.2) is 78.9 Å². The van der Waals surface area contributed by atoms with Gasteiger partial charge in [-0.25, -0.2) is 0 Å². The Morgan fingerprint density at radius 2 is 1.69 bits per heavy atom. The van der Waals surface area contributed by atoms with Crippen molar-refractivity contribution < 1.29 is 19.1 Å². The van der Waals surface area contributed by atoms with Gasteiger partial charge in [0.15, 0.2) is 0 Å². The number of methoxy groups -OCH3 is 2. The average molecular weight is 484 g/mol. The minimum Gasteiger partial charge on any atom is -0.497 e. The van der Waals surface area contributed by atoms with Gasteiger partial charge in [-0.1, -0.05) is 48.5 Å². The van der Waals surface area contributed by atoms with Crippen molar-refractivity contribution in [3.05, 3.63) is 95.7 Å². The molecule has 5 rings (SSSR count). The Kier molecular flexibility index (Phi) is 6.14. The number of fused-ring (bicyclic) bond motifs is 3. The molecule has 1 aliphatic rings. The van der Waals surface area contributed by atoms with Crippen molar-refractivity contribution in [2.75, 3.05) is 14.2 Å². The summed E-state index contributed by atoms with van der Waals surface area (Å²) in [5.74, 6) is 1.04. The van der Waals surface area contributed by atoms with Crippen molar-refractivity contribution in [2.45, 2.75) is 32.1 Å². The molecule has 0 saturated carbocycles. The van der Waals surface area contributed by atoms with E-state index in [0.29, 0.717) is 31.1 Å². The van der Waals surface area contributed by atoms with Gasteiger partial charge in [-0.05, 0) is 42.8 Å². The van der Waals surface area contributed by atoms with Gasteiger partial charge < -0.3 is 24.3 Å². The first-order valence-electron chi connectivity index (χ1n) is 11.9. The smallest absolute Gasteiger partial charge is 0.271 e. The minimum atomic E-state index is -1.12. The van der Waals surface area contributed by atoms with E-state index < -0.39 is 5.54 Å². The van der Waals surface area contributed by atoms with E-state index in [9.17, 15) is 9.59 Å². The third-order valence-electron chi connectivity index (χ3n) is 6.96. The van der Waals surface area contributed by atoms with E-state index in [2.05, 4.69) is 5.32 Å². The predicted molar refractivity (Wildman–Crippen MR) is 138 cm³/mol. The highest BCUT2D eigenvalue weighted by Gasteiger charge is 2.47. The van der Waals surface area contributed by atoms with Gasteiger partial charge in [0.05, 0.1) is 20.8 Å². The Hall–Kier alpha value is -4.26. The fourth-order valence-electron chi connectivity index (χ4n) is 4.88. The number of hydrogen-bond acceptors (Lipinski definition) is 4. The summed E-state index contributed by atoms with van der Waals surface area (Å²) in [4.78, 5) is 29.4. The molecular formula is C29H29N3O4. The molecule has 0 radical (unpaired) electrons. The molecular weight excluding hydrogens is 454 g/mol. The number of carbonyl (C=O) groups is 2. The number of rotatable bonds is 7. The van der Waals surface area contributed by atoms with Gasteiger partial charge in [0.2, 0.25) is 5.91 Å². The predicted octanol–water partition coefficient (Wildman–Crippen LogP) is 4.39. The Balaban J connectivity index is 1.51. The number of nitrogens with one attached hydrogen (secondary N) is 1. The van der Waals surface area contributed by atoms with Crippen molar-refractivity contribution in [3.8, 4) is 11.5 Å². The van der Waals surface area contributed by atoms with E-state index in [0.717, 1.165) is 27.8 Å². The number of nitrogens with zero attached hydrogens (tertiary/aromatic N) is 2. The first-order chi connectivity index (χ1) is 17.4. The number of carbonyl (C=O) groups excluding carboxylic acids is 2. The van der Waals surface area contributed by atoms with Gasteiger partial charge in [0, 0.05) is 29.6 Å². The molecule has 1 atom stereocenters. The topological polar surface area (TPSA) is 72.8 Å². The third kappa shape index (κ3) is 4.06. The molecule has 2 amide bonds. The van der Waals surface area contributed by atoms with Crippen molar-refractivity contribution in [3.63, 3.8) is 0 Å². The van der Waals surface area contributed by atoms with Crippen LogP contribution >= 0.6 is 0 Å². The van der Waals surface area contributed by atoms with Crippen LogP contribution in [-0.2, 0) is 24.4 Å². The Bertz CT molecular complexity index is 1430. The third-order valence-corrected chi connectivity index (χ3v) is 6.96. The Morgan fingerprint density at radius 1 is 0.972 bits per heavy atom. The van der Waals surface area contributed by atoms with Gasteiger partial charge in [-0.3, -0.25) is 9.59 Å². The van der Waals surface area contributed by atoms with Gasteiger partial charge >= 0.3 is 0 Å². The molecule has 1 N–H and O–H groups in total. The Morgan fingerprint density at radius 3 is 2.44 bits per heavy atom. The maximum absolute atomic E-state index is 13.9. The standard InChI is InChI=1S/C29H29N3O4/c1-29(28(34)30-17-22-9-5-7-11-26(22)36-3)19-31-24-10-6-4-8-21(24)16-25(31)27(33)32(29)18-20-12-14-23(35-2)15-13-20/h4-16H,17-19H2,1-3H3,(H,30,34)/t29-/m0/s1. The zero-order valence-corrected chi connectivity index (χ0v) is 20.7. The highest BCUT2D eigenvalue weighted by Crippen LogP contribution is 2.34. The normalized spacial score (nSPS) is 17.1. The van der Waals surface area contributed by atoms with E-state index in [-0.39, 0.29) is 11.8 Å². The monoisotopic (exact) mass is 483 g/mol. The van der Waals surface area contributed by atoms with Gasteiger partial charge in [0.1, 0.15) is 22.7 Å². The number of hydrogen-bond donors (Lipinski definition) is 1. The lowest BCUT2D eigenvalue weighted by Gasteiger charge is -2.44. The van der Waals surface area contributed by atoms with E-state index in [1.807, 2.05) is 90.4 Å². The van der Waals surface area contributed by atoms with Crippen LogP contribution in [0.5, 0.6) is 11.5 Å². The number of aromatic nitrogens is 1. The van der Waals surface area contributed by atoms with E-state index in [4.69, 9.17) is 9.47 Å². The fraction of sp³-hybridized carbons (Fsp3) is 0.241. The summed E-state index contributed by atoms with van der Waals surface area (Å²) in [5, 5.41) is 4.04. The quantitative estimate of drug-likeness (QED) is 0.423. The molecule has 0 saturated heterocycles. The van der Waals surface area contributed by atoms with Crippen molar-refractivity contribution in [2.24, 2.45) is 0 Å². The highest BCUT2D eigenvalue weighted by molar-refractivity contribution is 6.03. The summed E-state index contributed by atoms with van der Waals surface area (Å²) >= 11 is 0. The molecule has 1 aromatic heterocycles. The van der Waals surface area contributed by atoms with Crippen LogP contribution < -0.4 is 14.8 Å². The number of para-hydroxylation sites is 2. The lowest BCUT2D eigenvalue weighted by Crippen LogP contribution is -2.63. The summed E-state index contributed by atoms with van der Waals surface area (Å²) in [6.45, 7) is 2.77. The first-order valence-corrected chi connectivity index (χ1v) is 11.9. The van der Waals surface area contributed by atoms with Crippen LogP contribution in [0.25, 0.3) is 10.9 Å². The maximum Gasteiger partial charge on any atom is 0.271 e. The van der Waals surface area contributed by atoms with E-state index >= 15 is 0 Å². The molecule has 0 unspecified atom stereocenters. The number of benzene rings is 3. The summed E-state index contributed by atoms with van der Waals surface area (Å²) in [6.07, 6.45) is 0. The van der Waals surface area contributed by atoms with E-state index in [1.54, 1.807) is 19.1 Å². The summed E-state index contributed by atoms with van der Waals surface area (Å²) < 4.78 is 12.7. The van der Waals surface area contributed by atoms with Crippen molar-refractivity contribution in [1.82, 2.24) is 14.8 Å². The molecule has 184 valence electrons. The summed E-state index contributed by atoms with van der Waals surface area (Å²) in [5.41, 5.74) is 2.19. The molecule has 7 nitrogen and oxygen atoms in total. The molecule has 1 aliphatic heterocycles. The number of ether oxygens (including phenoxy) is 2. The molecule has 0 fully saturated rings. The fourth-order valence-corrected chi connectivity index (χ4v) is 4.88. The molecule has 3 aromatic carbocycles. The highest BCUT2D eigenvalue weighted by atomic mass is 16.5. The molecule has 0 aliphatic carbocycles. The van der Waals surface area contributed by atoms with Crippen LogP contribution in [0.4, 0.5) is 0 Å². The van der Waals surface area contributed by atoms with Gasteiger partial charge in [0.25, 0.3) is 5.91 Å². The molecule has 0 spiro atoms.